The number of halogens is 4. The van der Waals surface area contributed by atoms with Crippen LogP contribution in [0.4, 0.5) is 25.2 Å². The van der Waals surface area contributed by atoms with Crippen LogP contribution in [0.15, 0.2) is 49.3 Å². The van der Waals surface area contributed by atoms with E-state index in [-0.39, 0.29) is 41.6 Å². The standard InChI is InChI=1S/C23H26ClFN6O.C21H24ClFN6O2/c24-16-8-17-18(11-28-20(17)27-10-16)21-29-12-19(25)22(30-21)26-9-14-4-3-7-31(13-14)23(32)15-5-1-2-6-15;1-12(2)31-21(30)29-5-3-4-13(11-29)7-24-20-17(23)10-27-19(28-20)16-9-26-18-15(16)6-14(22)8-25-18/h8,10-12,14-15H,1-7,9,13H2,(H,27,28)(H,26,29,30);6,8-10,12-13H,3-5,7,11H2,1-2H3,(H,25,26)(H,24,27,28). The number of aromatic amines is 2. The Labute approximate surface area is 373 Å². The van der Waals surface area contributed by atoms with Gasteiger partial charge in [-0.2, -0.15) is 0 Å². The van der Waals surface area contributed by atoms with Crippen molar-refractivity contribution in [3.8, 4) is 22.8 Å². The zero-order valence-corrected chi connectivity index (χ0v) is 36.7. The first-order chi connectivity index (χ1) is 30.5. The highest BCUT2D eigenvalue weighted by molar-refractivity contribution is 6.31. The van der Waals surface area contributed by atoms with Gasteiger partial charge in [-0.25, -0.2) is 43.5 Å². The Kier molecular flexibility index (Phi) is 13.8. The van der Waals surface area contributed by atoms with Gasteiger partial charge in [0, 0.05) is 91.9 Å². The number of likely N-dealkylation sites (tertiary alicyclic amines) is 2. The molecule has 6 aromatic heterocycles. The number of H-pyrrole nitrogens is 2. The van der Waals surface area contributed by atoms with Crippen LogP contribution in [-0.2, 0) is 9.53 Å². The molecule has 6 aromatic rings. The maximum Gasteiger partial charge on any atom is 0.410 e. The Morgan fingerprint density at radius 3 is 1.73 bits per heavy atom. The minimum absolute atomic E-state index is 0.121. The molecule has 0 bridgehead atoms. The molecule has 63 heavy (non-hydrogen) atoms. The number of hydrogen-bond acceptors (Lipinski definition) is 11. The third-order valence-electron chi connectivity index (χ3n) is 11.7. The topological polar surface area (TPSA) is 183 Å². The van der Waals surface area contributed by atoms with Crippen molar-refractivity contribution in [2.24, 2.45) is 17.8 Å². The van der Waals surface area contributed by atoms with Gasteiger partial charge < -0.3 is 35.1 Å². The summed E-state index contributed by atoms with van der Waals surface area (Å²) < 4.78 is 34.1. The molecule has 332 valence electrons. The van der Waals surface area contributed by atoms with Crippen LogP contribution in [0.1, 0.15) is 65.2 Å². The van der Waals surface area contributed by atoms with Gasteiger partial charge in [0.15, 0.2) is 34.9 Å². The van der Waals surface area contributed by atoms with Gasteiger partial charge in [0.1, 0.15) is 11.3 Å². The number of rotatable bonds is 10. The minimum Gasteiger partial charge on any atom is -0.447 e. The van der Waals surface area contributed by atoms with Crippen molar-refractivity contribution in [2.45, 2.75) is 71.3 Å². The third kappa shape index (κ3) is 10.6. The number of carbonyl (C=O) groups is 2. The van der Waals surface area contributed by atoms with E-state index in [2.05, 4.69) is 50.5 Å². The summed E-state index contributed by atoms with van der Waals surface area (Å²) in [5, 5.41) is 8.79. The van der Waals surface area contributed by atoms with E-state index in [1.165, 1.54) is 6.20 Å². The molecule has 9 rings (SSSR count). The highest BCUT2D eigenvalue weighted by Gasteiger charge is 2.31. The molecule has 3 aliphatic rings. The SMILES string of the molecule is CC(C)OC(=O)N1CCCC(CNc2nc(-c3c[nH]c4ncc(Cl)cc34)ncc2F)C1.O=C(C1CCCC1)N1CCCC(CNc2nc(-c3c[nH]c4ncc(Cl)cc34)ncc2F)C1. The molecule has 2 atom stereocenters. The molecule has 2 saturated heterocycles. The van der Waals surface area contributed by atoms with Crippen LogP contribution in [0.25, 0.3) is 44.8 Å². The average molecular weight is 904 g/mol. The summed E-state index contributed by atoms with van der Waals surface area (Å²) in [6.45, 7) is 7.48. The first-order valence-corrected chi connectivity index (χ1v) is 22.3. The number of fused-ring (bicyclic) bond motifs is 2. The van der Waals surface area contributed by atoms with Gasteiger partial charge >= 0.3 is 6.09 Å². The third-order valence-corrected chi connectivity index (χ3v) is 12.1. The van der Waals surface area contributed by atoms with Gasteiger partial charge in [-0.3, -0.25) is 4.79 Å². The van der Waals surface area contributed by atoms with Gasteiger partial charge in [-0.05, 0) is 76.3 Å². The van der Waals surface area contributed by atoms with Crippen LogP contribution in [0.2, 0.25) is 10.0 Å². The van der Waals surface area contributed by atoms with E-state index >= 15 is 0 Å². The molecule has 2 amide bonds. The zero-order chi connectivity index (χ0) is 44.0. The molecule has 1 aliphatic carbocycles. The maximum absolute atomic E-state index is 14.5. The van der Waals surface area contributed by atoms with E-state index in [9.17, 15) is 18.4 Å². The zero-order valence-electron chi connectivity index (χ0n) is 35.1. The van der Waals surface area contributed by atoms with Crippen LogP contribution in [0, 0.1) is 29.4 Å². The quantitative estimate of drug-likeness (QED) is 0.103. The molecule has 8 heterocycles. The molecule has 2 aliphatic heterocycles. The van der Waals surface area contributed by atoms with Gasteiger partial charge in [0.2, 0.25) is 5.91 Å². The number of nitrogens with zero attached hydrogens (tertiary/aromatic N) is 8. The smallest absolute Gasteiger partial charge is 0.410 e. The summed E-state index contributed by atoms with van der Waals surface area (Å²) in [4.78, 5) is 60.4. The second-order valence-corrected chi connectivity index (χ2v) is 17.6. The Morgan fingerprint density at radius 1 is 0.730 bits per heavy atom. The lowest BCUT2D eigenvalue weighted by atomic mass is 9.96. The molecule has 0 radical (unpaired) electrons. The summed E-state index contributed by atoms with van der Waals surface area (Å²) in [5.41, 5.74) is 2.72. The second-order valence-electron chi connectivity index (χ2n) is 16.7. The molecule has 0 aromatic carbocycles. The molecule has 19 heteroatoms. The van der Waals surface area contributed by atoms with Crippen molar-refractivity contribution >= 4 is 68.9 Å². The number of nitrogens with one attached hydrogen (secondary N) is 4. The number of ether oxygens (including phenoxy) is 1. The number of hydrogen-bond donors (Lipinski definition) is 4. The van der Waals surface area contributed by atoms with Crippen LogP contribution < -0.4 is 10.6 Å². The first kappa shape index (κ1) is 43.9. The van der Waals surface area contributed by atoms with Crippen LogP contribution in [-0.4, -0.2) is 107 Å². The van der Waals surface area contributed by atoms with Gasteiger partial charge in [0.25, 0.3) is 0 Å². The van der Waals surface area contributed by atoms with Crippen molar-refractivity contribution in [2.75, 3.05) is 49.9 Å². The maximum atomic E-state index is 14.5. The Balaban J connectivity index is 0.000000173. The molecular formula is C44H50Cl2F2N12O3. The molecule has 1 saturated carbocycles. The molecule has 0 spiro atoms. The van der Waals surface area contributed by atoms with Crippen molar-refractivity contribution in [3.05, 3.63) is 71.0 Å². The number of piperidine rings is 2. The average Bonchev–Trinajstić information content (AvgIpc) is 4.07. The van der Waals surface area contributed by atoms with Crippen LogP contribution >= 0.6 is 23.2 Å². The lowest BCUT2D eigenvalue weighted by molar-refractivity contribution is -0.137. The van der Waals surface area contributed by atoms with E-state index in [1.807, 2.05) is 18.7 Å². The number of pyridine rings is 2. The summed E-state index contributed by atoms with van der Waals surface area (Å²) in [5.74, 6) is 0.944. The van der Waals surface area contributed by atoms with E-state index in [4.69, 9.17) is 27.9 Å². The minimum atomic E-state index is -0.536. The van der Waals surface area contributed by atoms with E-state index in [1.54, 1.807) is 41.8 Å². The van der Waals surface area contributed by atoms with Gasteiger partial charge in [-0.15, -0.1) is 0 Å². The molecule has 15 nitrogen and oxygen atoms in total. The normalized spacial score (nSPS) is 18.1. The number of amides is 2. The summed E-state index contributed by atoms with van der Waals surface area (Å²) in [6.07, 6.45) is 16.6. The first-order valence-electron chi connectivity index (χ1n) is 21.5. The number of aromatic nitrogens is 8. The van der Waals surface area contributed by atoms with E-state index in [0.717, 1.165) is 74.9 Å². The second kappa shape index (κ2) is 19.8. The van der Waals surface area contributed by atoms with Crippen LogP contribution in [0.5, 0.6) is 0 Å². The highest BCUT2D eigenvalue weighted by Crippen LogP contribution is 2.32. The van der Waals surface area contributed by atoms with Gasteiger partial charge in [0.05, 0.1) is 28.5 Å². The van der Waals surface area contributed by atoms with Crippen molar-refractivity contribution in [1.29, 1.82) is 0 Å². The van der Waals surface area contributed by atoms with Crippen LogP contribution in [0.3, 0.4) is 0 Å². The summed E-state index contributed by atoms with van der Waals surface area (Å²) in [7, 11) is 0. The Morgan fingerprint density at radius 2 is 1.22 bits per heavy atom. The fraction of sp³-hybridized carbons (Fsp3) is 0.455. The monoisotopic (exact) mass is 902 g/mol. The lowest BCUT2D eigenvalue weighted by Crippen LogP contribution is -2.44. The fourth-order valence-electron chi connectivity index (χ4n) is 8.59. The van der Waals surface area contributed by atoms with E-state index in [0.29, 0.717) is 82.7 Å². The van der Waals surface area contributed by atoms with Crippen molar-refractivity contribution in [1.82, 2.24) is 49.7 Å². The molecule has 3 fully saturated rings. The molecule has 2 unspecified atom stereocenters. The van der Waals surface area contributed by atoms with E-state index < -0.39 is 11.6 Å². The highest BCUT2D eigenvalue weighted by atomic mass is 35.5. The summed E-state index contributed by atoms with van der Waals surface area (Å²) >= 11 is 12.1. The fourth-order valence-corrected chi connectivity index (χ4v) is 8.90. The Bertz CT molecular complexity index is 2570. The number of carbonyl (C=O) groups excluding carboxylic acids is 2. The molecular weight excluding hydrogens is 853 g/mol. The van der Waals surface area contributed by atoms with Crippen molar-refractivity contribution in [3.63, 3.8) is 0 Å². The lowest BCUT2D eigenvalue weighted by Gasteiger charge is -2.34. The number of anilines is 2. The summed E-state index contributed by atoms with van der Waals surface area (Å²) in [6, 6.07) is 3.55. The predicted molar refractivity (Wildman–Crippen MR) is 238 cm³/mol. The predicted octanol–water partition coefficient (Wildman–Crippen LogP) is 9.13. The van der Waals surface area contributed by atoms with Gasteiger partial charge in [-0.1, -0.05) is 36.0 Å². The largest absolute Gasteiger partial charge is 0.447 e. The Hall–Kier alpha value is -5.68. The van der Waals surface area contributed by atoms with Crippen molar-refractivity contribution < 1.29 is 23.1 Å². The molecule has 4 N–H and O–H groups in total.